The van der Waals surface area contributed by atoms with Crippen LogP contribution in [0.3, 0.4) is 0 Å². The highest BCUT2D eigenvalue weighted by atomic mass is 16.3. The van der Waals surface area contributed by atoms with Gasteiger partial charge in [0.15, 0.2) is 5.76 Å². The molecule has 0 spiro atoms. The van der Waals surface area contributed by atoms with Crippen LogP contribution in [0.15, 0.2) is 77.4 Å². The van der Waals surface area contributed by atoms with Crippen molar-refractivity contribution in [2.45, 2.75) is 13.0 Å². The lowest BCUT2D eigenvalue weighted by Gasteiger charge is -2.16. The van der Waals surface area contributed by atoms with Gasteiger partial charge in [0.05, 0.1) is 12.2 Å². The summed E-state index contributed by atoms with van der Waals surface area (Å²) in [5.74, 6) is -0.723. The van der Waals surface area contributed by atoms with E-state index in [9.17, 15) is 14.4 Å². The van der Waals surface area contributed by atoms with Gasteiger partial charge in [-0.3, -0.25) is 14.4 Å². The van der Waals surface area contributed by atoms with Crippen molar-refractivity contribution in [2.75, 3.05) is 17.2 Å². The molecule has 2 heterocycles. The van der Waals surface area contributed by atoms with Crippen LogP contribution in [0.25, 0.3) is 0 Å². The van der Waals surface area contributed by atoms with Crippen LogP contribution in [-0.4, -0.2) is 29.2 Å². The lowest BCUT2D eigenvalue weighted by atomic mass is 10.1. The average molecular weight is 403 g/mol. The van der Waals surface area contributed by atoms with E-state index in [4.69, 9.17) is 4.42 Å². The fourth-order valence-corrected chi connectivity index (χ4v) is 3.39. The van der Waals surface area contributed by atoms with Crippen molar-refractivity contribution in [1.82, 2.24) is 4.90 Å². The quantitative estimate of drug-likeness (QED) is 0.659. The normalized spacial score (nSPS) is 15.8. The van der Waals surface area contributed by atoms with E-state index >= 15 is 0 Å². The summed E-state index contributed by atoms with van der Waals surface area (Å²) in [4.78, 5) is 38.6. The number of anilines is 2. The minimum atomic E-state index is -0.389. The zero-order valence-corrected chi connectivity index (χ0v) is 16.2. The third-order valence-electron chi connectivity index (χ3n) is 4.96. The van der Waals surface area contributed by atoms with Gasteiger partial charge in [0.25, 0.3) is 5.91 Å². The minimum absolute atomic E-state index is 0.0185. The molecule has 30 heavy (non-hydrogen) atoms. The van der Waals surface area contributed by atoms with Gasteiger partial charge in [0.1, 0.15) is 0 Å². The Kier molecular flexibility index (Phi) is 5.61. The lowest BCUT2D eigenvalue weighted by molar-refractivity contribution is -0.128. The summed E-state index contributed by atoms with van der Waals surface area (Å²) in [6.07, 6.45) is 1.64. The van der Waals surface area contributed by atoms with E-state index in [1.165, 1.54) is 6.26 Å². The van der Waals surface area contributed by atoms with Crippen molar-refractivity contribution in [1.29, 1.82) is 0 Å². The first-order chi connectivity index (χ1) is 14.6. The molecule has 0 bridgehead atoms. The largest absolute Gasteiger partial charge is 0.459 e. The van der Waals surface area contributed by atoms with Crippen LogP contribution >= 0.6 is 0 Å². The predicted octanol–water partition coefficient (Wildman–Crippen LogP) is 3.52. The van der Waals surface area contributed by atoms with E-state index in [0.29, 0.717) is 24.5 Å². The molecule has 1 aromatic heterocycles. The highest BCUT2D eigenvalue weighted by molar-refractivity contribution is 6.02. The topological polar surface area (TPSA) is 91.7 Å². The minimum Gasteiger partial charge on any atom is -0.459 e. The molecule has 1 fully saturated rings. The number of likely N-dealkylation sites (tertiary alicyclic amines) is 1. The van der Waals surface area contributed by atoms with E-state index in [1.54, 1.807) is 41.3 Å². The van der Waals surface area contributed by atoms with Crippen LogP contribution < -0.4 is 10.6 Å². The Morgan fingerprint density at radius 3 is 2.30 bits per heavy atom. The number of carbonyl (C=O) groups is 3. The molecule has 1 atom stereocenters. The summed E-state index contributed by atoms with van der Waals surface area (Å²) < 4.78 is 5.06. The molecule has 4 rings (SSSR count). The van der Waals surface area contributed by atoms with Gasteiger partial charge < -0.3 is 20.0 Å². The van der Waals surface area contributed by atoms with Gasteiger partial charge in [-0.05, 0) is 42.0 Å². The smallest absolute Gasteiger partial charge is 0.291 e. The van der Waals surface area contributed by atoms with Gasteiger partial charge in [0, 0.05) is 30.9 Å². The summed E-state index contributed by atoms with van der Waals surface area (Å²) in [5.41, 5.74) is 2.23. The molecule has 3 amide bonds. The van der Waals surface area contributed by atoms with Crippen LogP contribution in [0, 0.1) is 5.92 Å². The van der Waals surface area contributed by atoms with Gasteiger partial charge >= 0.3 is 0 Å². The molecule has 3 aromatic rings. The van der Waals surface area contributed by atoms with Crippen molar-refractivity contribution < 1.29 is 18.8 Å². The summed E-state index contributed by atoms with van der Waals surface area (Å²) >= 11 is 0. The first-order valence-corrected chi connectivity index (χ1v) is 9.66. The van der Waals surface area contributed by atoms with Crippen LogP contribution in [-0.2, 0) is 16.1 Å². The Balaban J connectivity index is 1.31. The number of rotatable bonds is 6. The van der Waals surface area contributed by atoms with Crippen LogP contribution in [0.1, 0.15) is 22.5 Å². The van der Waals surface area contributed by atoms with E-state index < -0.39 is 0 Å². The molecular formula is C23H21N3O4. The van der Waals surface area contributed by atoms with Gasteiger partial charge in [-0.2, -0.15) is 0 Å². The second kappa shape index (κ2) is 8.65. The molecule has 0 radical (unpaired) electrons. The van der Waals surface area contributed by atoms with Crippen LogP contribution in [0.4, 0.5) is 11.4 Å². The Labute approximate surface area is 173 Å². The number of hydrogen-bond acceptors (Lipinski definition) is 4. The highest BCUT2D eigenvalue weighted by Gasteiger charge is 2.34. The zero-order valence-electron chi connectivity index (χ0n) is 16.2. The second-order valence-corrected chi connectivity index (χ2v) is 7.16. The molecule has 7 heteroatoms. The SMILES string of the molecule is O=C(Nc1ccc(NC(=O)C2CC(=O)N(Cc3ccccc3)C2)cc1)c1ccco1. The summed E-state index contributed by atoms with van der Waals surface area (Å²) in [6, 6.07) is 19.7. The van der Waals surface area contributed by atoms with E-state index in [2.05, 4.69) is 10.6 Å². The maximum absolute atomic E-state index is 12.6. The number of benzene rings is 2. The molecule has 2 N–H and O–H groups in total. The molecular weight excluding hydrogens is 382 g/mol. The third kappa shape index (κ3) is 4.57. The molecule has 1 unspecified atom stereocenters. The monoisotopic (exact) mass is 403 g/mol. The van der Waals surface area contributed by atoms with Crippen molar-refractivity contribution in [3.63, 3.8) is 0 Å². The molecule has 2 aromatic carbocycles. The zero-order chi connectivity index (χ0) is 20.9. The number of hydrogen-bond donors (Lipinski definition) is 2. The summed E-state index contributed by atoms with van der Waals surface area (Å²) in [7, 11) is 0. The van der Waals surface area contributed by atoms with Gasteiger partial charge in [-0.15, -0.1) is 0 Å². The average Bonchev–Trinajstić information content (AvgIpc) is 3.41. The second-order valence-electron chi connectivity index (χ2n) is 7.16. The Hall–Kier alpha value is -3.87. The van der Waals surface area contributed by atoms with Crippen LogP contribution in [0.2, 0.25) is 0 Å². The maximum atomic E-state index is 12.6. The van der Waals surface area contributed by atoms with Gasteiger partial charge in [-0.25, -0.2) is 0 Å². The van der Waals surface area contributed by atoms with Crippen molar-refractivity contribution in [3.8, 4) is 0 Å². The number of carbonyl (C=O) groups excluding carboxylic acids is 3. The molecule has 1 aliphatic rings. The summed E-state index contributed by atoms with van der Waals surface area (Å²) in [5, 5.41) is 5.57. The fourth-order valence-electron chi connectivity index (χ4n) is 3.39. The van der Waals surface area contributed by atoms with E-state index in [1.807, 2.05) is 30.3 Å². The highest BCUT2D eigenvalue weighted by Crippen LogP contribution is 2.22. The molecule has 0 saturated carbocycles. The lowest BCUT2D eigenvalue weighted by Crippen LogP contribution is -2.28. The number of furan rings is 1. The standard InChI is InChI=1S/C23H21N3O4/c27-21-13-17(15-26(21)14-16-5-2-1-3-6-16)22(28)24-18-8-10-19(11-9-18)25-23(29)20-7-4-12-30-20/h1-12,17H,13-15H2,(H,24,28)(H,25,29). The Morgan fingerprint density at radius 2 is 1.63 bits per heavy atom. The third-order valence-corrected chi connectivity index (χ3v) is 4.96. The molecule has 7 nitrogen and oxygen atoms in total. The van der Waals surface area contributed by atoms with Crippen molar-refractivity contribution in [3.05, 3.63) is 84.3 Å². The number of nitrogens with one attached hydrogen (secondary N) is 2. The first-order valence-electron chi connectivity index (χ1n) is 9.66. The van der Waals surface area contributed by atoms with E-state index in [-0.39, 0.29) is 35.8 Å². The number of nitrogens with zero attached hydrogens (tertiary/aromatic N) is 1. The Morgan fingerprint density at radius 1 is 0.933 bits per heavy atom. The molecule has 0 aliphatic carbocycles. The van der Waals surface area contributed by atoms with Crippen molar-refractivity contribution >= 4 is 29.1 Å². The fraction of sp³-hybridized carbons (Fsp3) is 0.174. The number of amides is 3. The Bertz CT molecular complexity index is 1030. The van der Waals surface area contributed by atoms with Gasteiger partial charge in [-0.1, -0.05) is 30.3 Å². The summed E-state index contributed by atoms with van der Waals surface area (Å²) in [6.45, 7) is 0.907. The molecule has 1 saturated heterocycles. The van der Waals surface area contributed by atoms with Crippen molar-refractivity contribution in [2.24, 2.45) is 5.92 Å². The molecule has 1 aliphatic heterocycles. The first kappa shape index (κ1) is 19.4. The maximum Gasteiger partial charge on any atom is 0.291 e. The van der Waals surface area contributed by atoms with Crippen LogP contribution in [0.5, 0.6) is 0 Å². The van der Waals surface area contributed by atoms with Gasteiger partial charge in [0.2, 0.25) is 11.8 Å². The predicted molar refractivity (Wildman–Crippen MR) is 112 cm³/mol. The molecule has 152 valence electrons. The van der Waals surface area contributed by atoms with E-state index in [0.717, 1.165) is 5.56 Å².